The van der Waals surface area contributed by atoms with Crippen LogP contribution in [-0.4, -0.2) is 22.1 Å². The first-order chi connectivity index (χ1) is 9.31. The van der Waals surface area contributed by atoms with Crippen LogP contribution in [-0.2, 0) is 17.9 Å². The van der Waals surface area contributed by atoms with E-state index in [1.807, 2.05) is 12.1 Å². The minimum Gasteiger partial charge on any atom is -0.377 e. The van der Waals surface area contributed by atoms with Gasteiger partial charge in [-0.05, 0) is 11.6 Å². The van der Waals surface area contributed by atoms with E-state index in [4.69, 9.17) is 10.6 Å². The van der Waals surface area contributed by atoms with Crippen LogP contribution in [0.25, 0.3) is 0 Å². The molecule has 0 aliphatic heterocycles. The Morgan fingerprint density at radius 2 is 2.16 bits per heavy atom. The van der Waals surface area contributed by atoms with Crippen molar-refractivity contribution in [2.75, 3.05) is 17.9 Å². The maximum absolute atomic E-state index is 5.37. The van der Waals surface area contributed by atoms with Gasteiger partial charge in [-0.1, -0.05) is 6.07 Å². The predicted octanol–water partition coefficient (Wildman–Crippen LogP) is 0.916. The number of aromatic nitrogens is 3. The first-order valence-electron chi connectivity index (χ1n) is 5.78. The molecule has 0 aromatic carbocycles. The molecule has 2 rings (SSSR count). The second-order valence-corrected chi connectivity index (χ2v) is 3.85. The number of hydrogen-bond donors (Lipinski definition) is 3. The average Bonchev–Trinajstić information content (AvgIpc) is 2.46. The molecule has 0 fully saturated rings. The number of hydrazine groups is 1. The van der Waals surface area contributed by atoms with Crippen molar-refractivity contribution in [3.8, 4) is 0 Å². The standard InChI is InChI=1S/C12H16N6O/c1-19-8-12-16-10(5-11(17-12)18-13)15-7-9-3-2-4-14-6-9/h2-6H,7-8,13H2,1H3,(H2,15,16,17,18). The number of nitrogen functional groups attached to an aromatic ring is 1. The fourth-order valence-corrected chi connectivity index (χ4v) is 1.55. The summed E-state index contributed by atoms with van der Waals surface area (Å²) >= 11 is 0. The van der Waals surface area contributed by atoms with Crippen LogP contribution in [0.2, 0.25) is 0 Å². The summed E-state index contributed by atoms with van der Waals surface area (Å²) < 4.78 is 5.01. The van der Waals surface area contributed by atoms with Gasteiger partial charge >= 0.3 is 0 Å². The smallest absolute Gasteiger partial charge is 0.158 e. The summed E-state index contributed by atoms with van der Waals surface area (Å²) in [5.41, 5.74) is 3.57. The highest BCUT2D eigenvalue weighted by Crippen LogP contribution is 2.12. The van der Waals surface area contributed by atoms with Crippen LogP contribution in [0, 0.1) is 0 Å². The number of ether oxygens (including phenoxy) is 1. The molecule has 100 valence electrons. The lowest BCUT2D eigenvalue weighted by Crippen LogP contribution is -2.12. The first-order valence-corrected chi connectivity index (χ1v) is 5.78. The zero-order valence-corrected chi connectivity index (χ0v) is 10.6. The zero-order valence-electron chi connectivity index (χ0n) is 10.6. The third-order valence-corrected chi connectivity index (χ3v) is 2.39. The Bertz CT molecular complexity index is 519. The molecule has 7 nitrogen and oxygen atoms in total. The summed E-state index contributed by atoms with van der Waals surface area (Å²) in [6.45, 7) is 0.957. The summed E-state index contributed by atoms with van der Waals surface area (Å²) in [5.74, 6) is 7.15. The number of anilines is 2. The van der Waals surface area contributed by atoms with Crippen molar-refractivity contribution in [1.82, 2.24) is 15.0 Å². The quantitative estimate of drug-likeness (QED) is 0.524. The van der Waals surface area contributed by atoms with E-state index < -0.39 is 0 Å². The number of nitrogens with zero attached hydrogens (tertiary/aromatic N) is 3. The summed E-state index contributed by atoms with van der Waals surface area (Å²) in [6.07, 6.45) is 3.54. The molecule has 0 saturated carbocycles. The molecule has 2 heterocycles. The van der Waals surface area contributed by atoms with Gasteiger partial charge in [-0.3, -0.25) is 4.98 Å². The maximum Gasteiger partial charge on any atom is 0.158 e. The number of nitrogens with one attached hydrogen (secondary N) is 2. The van der Waals surface area contributed by atoms with E-state index in [9.17, 15) is 0 Å². The van der Waals surface area contributed by atoms with Crippen LogP contribution in [0.3, 0.4) is 0 Å². The fraction of sp³-hybridized carbons (Fsp3) is 0.250. The molecule has 0 radical (unpaired) electrons. The maximum atomic E-state index is 5.37. The van der Waals surface area contributed by atoms with Crippen molar-refractivity contribution in [2.45, 2.75) is 13.2 Å². The van der Waals surface area contributed by atoms with Crippen molar-refractivity contribution >= 4 is 11.6 Å². The molecule has 7 heteroatoms. The van der Waals surface area contributed by atoms with E-state index in [0.717, 1.165) is 5.56 Å². The Labute approximate surface area is 111 Å². The highest BCUT2D eigenvalue weighted by molar-refractivity contribution is 5.47. The van der Waals surface area contributed by atoms with E-state index in [1.54, 1.807) is 25.6 Å². The van der Waals surface area contributed by atoms with Gasteiger partial charge in [0.1, 0.15) is 18.2 Å². The SMILES string of the molecule is COCc1nc(NN)cc(NCc2cccnc2)n1. The lowest BCUT2D eigenvalue weighted by Gasteiger charge is -2.09. The monoisotopic (exact) mass is 260 g/mol. The largest absolute Gasteiger partial charge is 0.377 e. The molecule has 0 unspecified atom stereocenters. The second-order valence-electron chi connectivity index (χ2n) is 3.85. The lowest BCUT2D eigenvalue weighted by molar-refractivity contribution is 0.178. The fourth-order valence-electron chi connectivity index (χ4n) is 1.55. The van der Waals surface area contributed by atoms with Crippen LogP contribution in [0.1, 0.15) is 11.4 Å². The van der Waals surface area contributed by atoms with Crippen molar-refractivity contribution in [3.63, 3.8) is 0 Å². The van der Waals surface area contributed by atoms with Crippen LogP contribution >= 0.6 is 0 Å². The molecular formula is C12H16N6O. The van der Waals surface area contributed by atoms with Crippen LogP contribution in [0.5, 0.6) is 0 Å². The van der Waals surface area contributed by atoms with Gasteiger partial charge in [-0.2, -0.15) is 0 Å². The third kappa shape index (κ3) is 3.87. The molecule has 0 saturated heterocycles. The number of pyridine rings is 1. The molecule has 2 aromatic rings. The van der Waals surface area contributed by atoms with Crippen molar-refractivity contribution in [1.29, 1.82) is 0 Å². The number of hydrogen-bond acceptors (Lipinski definition) is 7. The highest BCUT2D eigenvalue weighted by Gasteiger charge is 2.03. The number of rotatable bonds is 6. The van der Waals surface area contributed by atoms with Crippen molar-refractivity contribution in [3.05, 3.63) is 42.0 Å². The minimum atomic E-state index is 0.330. The molecule has 0 spiro atoms. The van der Waals surface area contributed by atoms with E-state index in [1.165, 1.54) is 0 Å². The summed E-state index contributed by atoms with van der Waals surface area (Å²) in [4.78, 5) is 12.5. The van der Waals surface area contributed by atoms with Crippen molar-refractivity contribution in [2.24, 2.45) is 5.84 Å². The van der Waals surface area contributed by atoms with Crippen LogP contribution in [0.4, 0.5) is 11.6 Å². The van der Waals surface area contributed by atoms with Gasteiger partial charge < -0.3 is 15.5 Å². The molecule has 2 aromatic heterocycles. The Morgan fingerprint density at radius 1 is 1.32 bits per heavy atom. The molecule has 0 bridgehead atoms. The topological polar surface area (TPSA) is 98.0 Å². The number of methoxy groups -OCH3 is 1. The van der Waals surface area contributed by atoms with Gasteiger partial charge in [0.2, 0.25) is 0 Å². The van der Waals surface area contributed by atoms with Gasteiger partial charge in [-0.25, -0.2) is 15.8 Å². The van der Waals surface area contributed by atoms with Gasteiger partial charge in [0.25, 0.3) is 0 Å². The van der Waals surface area contributed by atoms with E-state index in [-0.39, 0.29) is 0 Å². The molecule has 0 aliphatic carbocycles. The average molecular weight is 260 g/mol. The lowest BCUT2D eigenvalue weighted by atomic mass is 10.3. The van der Waals surface area contributed by atoms with Crippen LogP contribution < -0.4 is 16.6 Å². The van der Waals surface area contributed by atoms with E-state index in [2.05, 4.69) is 25.7 Å². The Hall–Kier alpha value is -2.25. The summed E-state index contributed by atoms with van der Waals surface area (Å²) in [5, 5.41) is 3.19. The zero-order chi connectivity index (χ0) is 13.5. The summed E-state index contributed by atoms with van der Waals surface area (Å²) in [7, 11) is 1.59. The third-order valence-electron chi connectivity index (χ3n) is 2.39. The normalized spacial score (nSPS) is 10.2. The second kappa shape index (κ2) is 6.62. The molecule has 19 heavy (non-hydrogen) atoms. The van der Waals surface area contributed by atoms with Crippen LogP contribution in [0.15, 0.2) is 30.6 Å². The van der Waals surface area contributed by atoms with Crippen molar-refractivity contribution < 1.29 is 4.74 Å². The number of nitrogens with two attached hydrogens (primary N) is 1. The highest BCUT2D eigenvalue weighted by atomic mass is 16.5. The van der Waals surface area contributed by atoms with E-state index in [0.29, 0.717) is 30.6 Å². The Balaban J connectivity index is 2.08. The Kier molecular flexibility index (Phi) is 4.60. The predicted molar refractivity (Wildman–Crippen MR) is 72.1 cm³/mol. The Morgan fingerprint density at radius 3 is 2.84 bits per heavy atom. The molecule has 4 N–H and O–H groups in total. The van der Waals surface area contributed by atoms with Gasteiger partial charge in [0, 0.05) is 32.1 Å². The summed E-state index contributed by atoms with van der Waals surface area (Å²) in [6, 6.07) is 5.61. The first kappa shape index (κ1) is 13.2. The van der Waals surface area contributed by atoms with Gasteiger partial charge in [0.05, 0.1) is 0 Å². The molecule has 0 aliphatic rings. The minimum absolute atomic E-state index is 0.330. The molecular weight excluding hydrogens is 244 g/mol. The van der Waals surface area contributed by atoms with E-state index >= 15 is 0 Å². The van der Waals surface area contributed by atoms with Gasteiger partial charge in [0.15, 0.2) is 5.82 Å². The van der Waals surface area contributed by atoms with Gasteiger partial charge in [-0.15, -0.1) is 0 Å². The molecule has 0 atom stereocenters. The molecule has 0 amide bonds.